The Balaban J connectivity index is 1.94. The molecule has 0 aliphatic heterocycles. The monoisotopic (exact) mass is 398 g/mol. The summed E-state index contributed by atoms with van der Waals surface area (Å²) in [6.45, 7) is 0. The molecule has 0 spiro atoms. The van der Waals surface area contributed by atoms with Crippen LogP contribution in [0.5, 0.6) is 11.5 Å². The molecule has 0 saturated carbocycles. The molecular formula is C15H9F3N4O4S. The van der Waals surface area contributed by atoms with Gasteiger partial charge in [-0.15, -0.1) is 0 Å². The lowest BCUT2D eigenvalue weighted by atomic mass is 10.2. The van der Waals surface area contributed by atoms with Gasteiger partial charge < -0.3 is 15.8 Å². The van der Waals surface area contributed by atoms with Crippen molar-refractivity contribution in [3.63, 3.8) is 0 Å². The van der Waals surface area contributed by atoms with Crippen molar-refractivity contribution in [3.05, 3.63) is 46.5 Å². The summed E-state index contributed by atoms with van der Waals surface area (Å²) >= 11 is 0.909. The maximum atomic E-state index is 12.3. The average Bonchev–Trinajstić information content (AvgIpc) is 2.93. The summed E-state index contributed by atoms with van der Waals surface area (Å²) in [5.41, 5.74) is 5.35. The molecule has 1 heterocycles. The first-order valence-corrected chi connectivity index (χ1v) is 7.96. The highest BCUT2D eigenvalue weighted by Gasteiger charge is 2.38. The molecule has 0 aliphatic carbocycles. The molecule has 0 saturated heterocycles. The highest BCUT2D eigenvalue weighted by molar-refractivity contribution is 7.22. The maximum Gasteiger partial charge on any atom is 0.471 e. The molecule has 3 aromatic rings. The molecule has 3 rings (SSSR count). The Labute approximate surface area is 152 Å². The van der Waals surface area contributed by atoms with E-state index in [0.717, 1.165) is 17.4 Å². The number of nitro groups is 1. The number of thiazole rings is 1. The molecule has 27 heavy (non-hydrogen) atoms. The fourth-order valence-corrected chi connectivity index (χ4v) is 3.04. The van der Waals surface area contributed by atoms with Crippen LogP contribution in [0, 0.1) is 10.1 Å². The molecule has 0 atom stereocenters. The number of nitro benzene ring substituents is 1. The molecule has 8 nitrogen and oxygen atoms in total. The third-order valence-electron chi connectivity index (χ3n) is 3.27. The standard InChI is InChI=1S/C15H9F3N4O4S/c16-15(17,18)13(23)20-7-2-1-3-8(6-7)26-10-5-4-9-12(11(10)22(24)25)27-14(19)21-9/h1-6H,(H2,19,21)(H,20,23). The summed E-state index contributed by atoms with van der Waals surface area (Å²) in [6, 6.07) is 7.81. The lowest BCUT2D eigenvalue weighted by molar-refractivity contribution is -0.383. The molecule has 2 aromatic carbocycles. The zero-order valence-electron chi connectivity index (χ0n) is 13.1. The van der Waals surface area contributed by atoms with Crippen LogP contribution in [0.25, 0.3) is 10.2 Å². The first-order chi connectivity index (χ1) is 12.6. The van der Waals surface area contributed by atoms with Crippen LogP contribution in [0.1, 0.15) is 0 Å². The van der Waals surface area contributed by atoms with E-state index >= 15 is 0 Å². The van der Waals surface area contributed by atoms with Gasteiger partial charge >= 0.3 is 17.8 Å². The molecule has 1 amide bonds. The van der Waals surface area contributed by atoms with Crippen molar-refractivity contribution in [1.82, 2.24) is 4.98 Å². The number of carbonyl (C=O) groups excluding carboxylic acids is 1. The number of alkyl halides is 3. The van der Waals surface area contributed by atoms with Gasteiger partial charge in [0.15, 0.2) is 5.13 Å². The third-order valence-corrected chi connectivity index (χ3v) is 4.18. The number of nitrogens with zero attached hydrogens (tertiary/aromatic N) is 2. The van der Waals surface area contributed by atoms with E-state index in [2.05, 4.69) is 4.98 Å². The molecule has 0 fully saturated rings. The second-order valence-corrected chi connectivity index (χ2v) is 6.18. The number of aromatic nitrogens is 1. The van der Waals surface area contributed by atoms with Crippen molar-refractivity contribution in [2.45, 2.75) is 6.18 Å². The Hall–Kier alpha value is -3.41. The number of rotatable bonds is 4. The van der Waals surface area contributed by atoms with E-state index in [4.69, 9.17) is 10.5 Å². The number of carbonyl (C=O) groups is 1. The third kappa shape index (κ3) is 3.89. The molecule has 0 radical (unpaired) electrons. The van der Waals surface area contributed by atoms with E-state index in [1.165, 1.54) is 30.3 Å². The van der Waals surface area contributed by atoms with Gasteiger partial charge in [-0.25, -0.2) is 4.98 Å². The number of amides is 1. The SMILES string of the molecule is Nc1nc2ccc(Oc3cccc(NC(=O)C(F)(F)F)c3)c([N+](=O)[O-])c2s1. The van der Waals surface area contributed by atoms with Gasteiger partial charge in [0.1, 0.15) is 10.4 Å². The predicted molar refractivity (Wildman–Crippen MR) is 91.9 cm³/mol. The van der Waals surface area contributed by atoms with Crippen LogP contribution in [0.2, 0.25) is 0 Å². The number of hydrogen-bond acceptors (Lipinski definition) is 7. The van der Waals surface area contributed by atoms with Gasteiger partial charge in [-0.3, -0.25) is 14.9 Å². The van der Waals surface area contributed by atoms with E-state index < -0.39 is 17.0 Å². The molecule has 3 N–H and O–H groups in total. The minimum absolute atomic E-state index is 0.00471. The molecule has 12 heteroatoms. The van der Waals surface area contributed by atoms with Crippen molar-refractivity contribution in [1.29, 1.82) is 0 Å². The smallest absolute Gasteiger partial charge is 0.450 e. The Morgan fingerprint density at radius 2 is 2.04 bits per heavy atom. The number of nitrogens with two attached hydrogens (primary N) is 1. The second-order valence-electron chi connectivity index (χ2n) is 5.15. The van der Waals surface area contributed by atoms with E-state index in [1.807, 2.05) is 0 Å². The van der Waals surface area contributed by atoms with Crippen LogP contribution in [0.3, 0.4) is 0 Å². The van der Waals surface area contributed by atoms with Crippen molar-refractivity contribution in [3.8, 4) is 11.5 Å². The molecule has 0 bridgehead atoms. The number of nitrogens with one attached hydrogen (secondary N) is 1. The quantitative estimate of drug-likeness (QED) is 0.505. The predicted octanol–water partition coefficient (Wildman–Crippen LogP) is 4.08. The Morgan fingerprint density at radius 3 is 2.70 bits per heavy atom. The fourth-order valence-electron chi connectivity index (χ4n) is 2.20. The number of anilines is 2. The van der Waals surface area contributed by atoms with Crippen molar-refractivity contribution < 1.29 is 27.6 Å². The first kappa shape index (κ1) is 18.4. The number of ether oxygens (including phenoxy) is 1. The van der Waals surface area contributed by atoms with Gasteiger partial charge in [0.05, 0.1) is 10.4 Å². The second kappa shape index (κ2) is 6.72. The van der Waals surface area contributed by atoms with Crippen LogP contribution in [-0.2, 0) is 4.79 Å². The topological polar surface area (TPSA) is 120 Å². The summed E-state index contributed by atoms with van der Waals surface area (Å²) in [4.78, 5) is 25.7. The van der Waals surface area contributed by atoms with Crippen LogP contribution in [0.15, 0.2) is 36.4 Å². The summed E-state index contributed by atoms with van der Waals surface area (Å²) in [5.74, 6) is -2.29. The minimum Gasteiger partial charge on any atom is -0.450 e. The zero-order chi connectivity index (χ0) is 19.8. The Bertz CT molecular complexity index is 1050. The van der Waals surface area contributed by atoms with Crippen molar-refractivity contribution >= 4 is 44.0 Å². The normalized spacial score (nSPS) is 11.4. The van der Waals surface area contributed by atoms with Gasteiger partial charge in [-0.1, -0.05) is 17.4 Å². The zero-order valence-corrected chi connectivity index (χ0v) is 13.9. The van der Waals surface area contributed by atoms with Crippen molar-refractivity contribution in [2.24, 2.45) is 0 Å². The van der Waals surface area contributed by atoms with Gasteiger partial charge in [0.25, 0.3) is 0 Å². The van der Waals surface area contributed by atoms with E-state index in [1.54, 1.807) is 5.32 Å². The van der Waals surface area contributed by atoms with Gasteiger partial charge in [0, 0.05) is 11.8 Å². The van der Waals surface area contributed by atoms with Crippen LogP contribution >= 0.6 is 11.3 Å². The van der Waals surface area contributed by atoms with Crippen molar-refractivity contribution in [2.75, 3.05) is 11.1 Å². The van der Waals surface area contributed by atoms with E-state index in [9.17, 15) is 28.1 Å². The number of hydrogen-bond donors (Lipinski definition) is 2. The highest BCUT2D eigenvalue weighted by atomic mass is 32.1. The minimum atomic E-state index is -5.05. The van der Waals surface area contributed by atoms with E-state index in [-0.39, 0.29) is 32.7 Å². The largest absolute Gasteiger partial charge is 0.471 e. The lowest BCUT2D eigenvalue weighted by Gasteiger charge is -2.10. The average molecular weight is 398 g/mol. The Kier molecular flexibility index (Phi) is 4.57. The lowest BCUT2D eigenvalue weighted by Crippen LogP contribution is -2.29. The number of fused-ring (bicyclic) bond motifs is 1. The summed E-state index contributed by atoms with van der Waals surface area (Å²) in [6.07, 6.45) is -5.05. The number of nitrogen functional groups attached to an aromatic ring is 1. The summed E-state index contributed by atoms with van der Waals surface area (Å²) in [7, 11) is 0. The maximum absolute atomic E-state index is 12.3. The number of halogens is 3. The Morgan fingerprint density at radius 1 is 1.30 bits per heavy atom. The molecule has 1 aromatic heterocycles. The molecule has 140 valence electrons. The van der Waals surface area contributed by atoms with E-state index in [0.29, 0.717) is 5.52 Å². The van der Waals surface area contributed by atoms with Crippen LogP contribution < -0.4 is 15.8 Å². The fraction of sp³-hybridized carbons (Fsp3) is 0.0667. The molecule has 0 unspecified atom stereocenters. The van der Waals surface area contributed by atoms with Crippen LogP contribution in [-0.4, -0.2) is 22.0 Å². The summed E-state index contributed by atoms with van der Waals surface area (Å²) in [5, 5.41) is 13.3. The number of benzene rings is 2. The van der Waals surface area contributed by atoms with Gasteiger partial charge in [-0.05, 0) is 24.3 Å². The molecular weight excluding hydrogens is 389 g/mol. The van der Waals surface area contributed by atoms with Crippen LogP contribution in [0.4, 0.5) is 29.7 Å². The van der Waals surface area contributed by atoms with Gasteiger partial charge in [0.2, 0.25) is 5.75 Å². The first-order valence-electron chi connectivity index (χ1n) is 7.14. The van der Waals surface area contributed by atoms with Gasteiger partial charge in [-0.2, -0.15) is 13.2 Å². The molecule has 0 aliphatic rings. The highest BCUT2D eigenvalue weighted by Crippen LogP contribution is 2.41. The summed E-state index contributed by atoms with van der Waals surface area (Å²) < 4.78 is 42.7.